The molecule has 0 spiro atoms. The summed E-state index contributed by atoms with van der Waals surface area (Å²) in [6.07, 6.45) is 3.46. The van der Waals surface area contributed by atoms with Crippen molar-refractivity contribution in [2.24, 2.45) is 0 Å². The van der Waals surface area contributed by atoms with Gasteiger partial charge in [0.25, 0.3) is 0 Å². The topological polar surface area (TPSA) is 45.1 Å². The maximum absolute atomic E-state index is 4.34. The molecule has 3 heterocycles. The van der Waals surface area contributed by atoms with Crippen molar-refractivity contribution in [1.29, 1.82) is 0 Å². The van der Waals surface area contributed by atoms with E-state index in [9.17, 15) is 0 Å². The molecule has 2 aromatic heterocycles. The van der Waals surface area contributed by atoms with Gasteiger partial charge in [0.2, 0.25) is 0 Å². The zero-order chi connectivity index (χ0) is 35.1. The molecule has 0 saturated heterocycles. The lowest BCUT2D eigenvalue weighted by atomic mass is 9.98. The second kappa shape index (κ2) is 12.9. The molecule has 0 radical (unpaired) electrons. The lowest BCUT2D eigenvalue weighted by molar-refractivity contribution is 0.900. The van der Waals surface area contributed by atoms with Crippen LogP contribution < -0.4 is 15.5 Å². The van der Waals surface area contributed by atoms with Crippen molar-refractivity contribution >= 4 is 50.1 Å². The van der Waals surface area contributed by atoms with Gasteiger partial charge in [0.05, 0.1) is 28.3 Å². The van der Waals surface area contributed by atoms with Crippen LogP contribution in [0.5, 0.6) is 0 Å². The number of nitrogens with one attached hydrogen (secondary N) is 2. The molecule has 0 amide bonds. The van der Waals surface area contributed by atoms with E-state index in [1.165, 1.54) is 44.1 Å². The lowest BCUT2D eigenvalue weighted by Gasteiger charge is -2.28. The molecule has 7 aromatic carbocycles. The number of fused-ring (bicyclic) bond motifs is 8. The van der Waals surface area contributed by atoms with Crippen LogP contribution in [0, 0.1) is 0 Å². The van der Waals surface area contributed by atoms with Gasteiger partial charge in [0, 0.05) is 51.5 Å². The fourth-order valence-corrected chi connectivity index (χ4v) is 7.84. The molecule has 5 nitrogen and oxygen atoms in total. The Morgan fingerprint density at radius 3 is 1.94 bits per heavy atom. The first-order valence-corrected chi connectivity index (χ1v) is 18.0. The molecule has 0 bridgehead atoms. The van der Waals surface area contributed by atoms with Crippen molar-refractivity contribution < 1.29 is 0 Å². The Bertz CT molecular complexity index is 2690. The molecule has 1 aliphatic rings. The van der Waals surface area contributed by atoms with Crippen LogP contribution >= 0.6 is 0 Å². The molecule has 0 saturated carbocycles. The third-order valence-corrected chi connectivity index (χ3v) is 10.2. The van der Waals surface area contributed by atoms with Crippen molar-refractivity contribution in [3.05, 3.63) is 200 Å². The number of rotatable bonds is 7. The first-order chi connectivity index (χ1) is 26.3. The van der Waals surface area contributed by atoms with Gasteiger partial charge in [0.1, 0.15) is 6.17 Å². The Kier molecular flexibility index (Phi) is 7.47. The molecule has 0 fully saturated rings. The van der Waals surface area contributed by atoms with Crippen LogP contribution in [0.4, 0.5) is 28.4 Å². The summed E-state index contributed by atoms with van der Waals surface area (Å²) >= 11 is 0. The van der Waals surface area contributed by atoms with E-state index in [-0.39, 0.29) is 6.17 Å². The van der Waals surface area contributed by atoms with Crippen LogP contribution in [0.25, 0.3) is 49.7 Å². The minimum atomic E-state index is -0.183. The van der Waals surface area contributed by atoms with E-state index in [4.69, 9.17) is 0 Å². The molecule has 1 unspecified atom stereocenters. The van der Waals surface area contributed by atoms with E-state index >= 15 is 0 Å². The number of anilines is 5. The molecular weight excluding hydrogens is 647 g/mol. The number of para-hydroxylation sites is 4. The standard InChI is InChI=1S/C48H35N5/c1-2-15-36(16-3-1)50-48(51-37-17-12-30-49-32-37)34-25-27-38(28-26-34)52-43-21-9-6-18-40(43)46-41-19-7-10-22-44(41)53(47(46)42-20-8-11-23-45(42)52)39-29-24-33-13-4-5-14-35(33)31-39/h1-32,48,50-51H. The molecule has 1 aliphatic heterocycles. The second-order valence-electron chi connectivity index (χ2n) is 13.4. The molecule has 53 heavy (non-hydrogen) atoms. The van der Waals surface area contributed by atoms with E-state index in [1.807, 2.05) is 36.5 Å². The zero-order valence-electron chi connectivity index (χ0n) is 28.9. The molecule has 9 aromatic rings. The molecular formula is C48H35N5. The van der Waals surface area contributed by atoms with Gasteiger partial charge >= 0.3 is 0 Å². The number of hydrogen-bond donors (Lipinski definition) is 2. The Balaban J connectivity index is 1.14. The van der Waals surface area contributed by atoms with E-state index in [2.05, 4.69) is 177 Å². The third-order valence-electron chi connectivity index (χ3n) is 10.2. The highest BCUT2D eigenvalue weighted by molar-refractivity contribution is 6.13. The zero-order valence-corrected chi connectivity index (χ0v) is 28.9. The van der Waals surface area contributed by atoms with Crippen LogP contribution in [-0.2, 0) is 0 Å². The van der Waals surface area contributed by atoms with Crippen molar-refractivity contribution in [3.8, 4) is 28.1 Å². The van der Waals surface area contributed by atoms with E-state index < -0.39 is 0 Å². The summed E-state index contributed by atoms with van der Waals surface area (Å²) in [6, 6.07) is 65.1. The number of nitrogens with zero attached hydrogens (tertiary/aromatic N) is 3. The number of pyridine rings is 1. The lowest BCUT2D eigenvalue weighted by Crippen LogP contribution is -2.20. The maximum atomic E-state index is 4.34. The van der Waals surface area contributed by atoms with Gasteiger partial charge in [-0.1, -0.05) is 115 Å². The highest BCUT2D eigenvalue weighted by Gasteiger charge is 2.31. The molecule has 1 atom stereocenters. The fourth-order valence-electron chi connectivity index (χ4n) is 7.84. The van der Waals surface area contributed by atoms with Crippen molar-refractivity contribution in [1.82, 2.24) is 9.55 Å². The number of aromatic nitrogens is 2. The highest BCUT2D eigenvalue weighted by Crippen LogP contribution is 2.54. The second-order valence-corrected chi connectivity index (χ2v) is 13.4. The van der Waals surface area contributed by atoms with Crippen molar-refractivity contribution in [2.45, 2.75) is 6.17 Å². The summed E-state index contributed by atoms with van der Waals surface area (Å²) in [5, 5.41) is 11.0. The summed E-state index contributed by atoms with van der Waals surface area (Å²) in [7, 11) is 0. The smallest absolute Gasteiger partial charge is 0.123 e. The van der Waals surface area contributed by atoms with Crippen LogP contribution in [0.15, 0.2) is 194 Å². The molecule has 2 N–H and O–H groups in total. The van der Waals surface area contributed by atoms with Gasteiger partial charge in [-0.3, -0.25) is 4.98 Å². The number of benzene rings is 7. The SMILES string of the molecule is c1ccc(NC(Nc2cccnc2)c2ccc(N3c4ccccc4-c4c(n(-c5ccc6ccccc6c5)c5ccccc45)-c4ccccc43)cc2)cc1. The molecule has 252 valence electrons. The fraction of sp³-hybridized carbons (Fsp3) is 0.0208. The quantitative estimate of drug-likeness (QED) is 0.164. The van der Waals surface area contributed by atoms with Gasteiger partial charge in [-0.25, -0.2) is 0 Å². The van der Waals surface area contributed by atoms with Crippen LogP contribution in [0.2, 0.25) is 0 Å². The van der Waals surface area contributed by atoms with E-state index in [0.717, 1.165) is 39.7 Å². The molecule has 10 rings (SSSR count). The first-order valence-electron chi connectivity index (χ1n) is 18.0. The minimum Gasteiger partial charge on any atom is -0.362 e. The first kappa shape index (κ1) is 30.7. The van der Waals surface area contributed by atoms with Gasteiger partial charge in [-0.05, 0) is 83.1 Å². The van der Waals surface area contributed by atoms with Crippen molar-refractivity contribution in [2.75, 3.05) is 15.5 Å². The number of hydrogen-bond acceptors (Lipinski definition) is 4. The highest BCUT2D eigenvalue weighted by atomic mass is 15.2. The predicted octanol–water partition coefficient (Wildman–Crippen LogP) is 12.5. The average molecular weight is 682 g/mol. The van der Waals surface area contributed by atoms with E-state index in [0.29, 0.717) is 0 Å². The Labute approximate surface area is 308 Å². The summed E-state index contributed by atoms with van der Waals surface area (Å²) in [5.41, 5.74) is 13.6. The minimum absolute atomic E-state index is 0.183. The Morgan fingerprint density at radius 1 is 0.491 bits per heavy atom. The monoisotopic (exact) mass is 681 g/mol. The predicted molar refractivity (Wildman–Crippen MR) is 221 cm³/mol. The van der Waals surface area contributed by atoms with Gasteiger partial charge in [-0.2, -0.15) is 0 Å². The van der Waals surface area contributed by atoms with Crippen LogP contribution in [-0.4, -0.2) is 9.55 Å². The largest absolute Gasteiger partial charge is 0.362 e. The van der Waals surface area contributed by atoms with Crippen molar-refractivity contribution in [3.63, 3.8) is 0 Å². The summed E-state index contributed by atoms with van der Waals surface area (Å²) in [4.78, 5) is 6.76. The van der Waals surface area contributed by atoms with E-state index in [1.54, 1.807) is 6.20 Å². The summed E-state index contributed by atoms with van der Waals surface area (Å²) < 4.78 is 2.46. The maximum Gasteiger partial charge on any atom is 0.123 e. The molecule has 0 aliphatic carbocycles. The average Bonchev–Trinajstić information content (AvgIpc) is 3.50. The Hall–Kier alpha value is -7.11. The third kappa shape index (κ3) is 5.38. The molecule has 5 heteroatoms. The normalized spacial score (nSPS) is 12.4. The Morgan fingerprint density at radius 2 is 1.13 bits per heavy atom. The summed E-state index contributed by atoms with van der Waals surface area (Å²) in [5.74, 6) is 0. The van der Waals surface area contributed by atoms with Crippen LogP contribution in [0.1, 0.15) is 11.7 Å². The van der Waals surface area contributed by atoms with Gasteiger partial charge in [-0.15, -0.1) is 0 Å². The van der Waals surface area contributed by atoms with Crippen LogP contribution in [0.3, 0.4) is 0 Å². The summed E-state index contributed by atoms with van der Waals surface area (Å²) in [6.45, 7) is 0. The van der Waals surface area contributed by atoms with Gasteiger partial charge < -0.3 is 20.1 Å². The van der Waals surface area contributed by atoms with Gasteiger partial charge in [0.15, 0.2) is 0 Å².